The summed E-state index contributed by atoms with van der Waals surface area (Å²) in [4.78, 5) is 34.2. The molecule has 0 atom stereocenters. The number of likely N-dealkylation sites (tertiary alicyclic amines) is 1. The van der Waals surface area contributed by atoms with E-state index in [-0.39, 0.29) is 18.0 Å². The molecule has 0 spiro atoms. The van der Waals surface area contributed by atoms with E-state index in [1.807, 2.05) is 48.7 Å². The maximum absolute atomic E-state index is 12.6. The summed E-state index contributed by atoms with van der Waals surface area (Å²) in [6.07, 6.45) is 3.26. The number of aromatic amines is 1. The maximum atomic E-state index is 12.6. The number of nitrogens with zero attached hydrogens (tertiary/aromatic N) is 2. The molecule has 8 heteroatoms. The lowest BCUT2D eigenvalue weighted by molar-refractivity contribution is 0.0915. The highest BCUT2D eigenvalue weighted by molar-refractivity contribution is 7.09. The number of thiazole rings is 1. The number of aromatic nitrogens is 2. The Kier molecular flexibility index (Phi) is 5.62. The average molecular weight is 410 g/mol. The van der Waals surface area contributed by atoms with Crippen LogP contribution in [-0.4, -0.2) is 45.9 Å². The number of urea groups is 1. The molecule has 0 saturated carbocycles. The Bertz CT molecular complexity index is 989. The van der Waals surface area contributed by atoms with Crippen LogP contribution >= 0.6 is 11.3 Å². The zero-order valence-electron chi connectivity index (χ0n) is 16.1. The van der Waals surface area contributed by atoms with E-state index >= 15 is 0 Å². The molecule has 0 aliphatic carbocycles. The maximum Gasteiger partial charge on any atom is 0.321 e. The third-order valence-electron chi connectivity index (χ3n) is 4.98. The fourth-order valence-electron chi connectivity index (χ4n) is 3.38. The number of rotatable bonds is 4. The topological polar surface area (TPSA) is 90.1 Å². The number of hydrogen-bond acceptors (Lipinski definition) is 4. The first-order valence-corrected chi connectivity index (χ1v) is 10.5. The van der Waals surface area contributed by atoms with Gasteiger partial charge in [-0.3, -0.25) is 4.79 Å². The van der Waals surface area contributed by atoms with E-state index in [2.05, 4.69) is 20.6 Å². The van der Waals surface area contributed by atoms with Gasteiger partial charge in [-0.2, -0.15) is 0 Å². The molecule has 3 heterocycles. The minimum absolute atomic E-state index is 0.0524. The van der Waals surface area contributed by atoms with Gasteiger partial charge in [0.05, 0.1) is 10.7 Å². The standard InChI is InChI=1S/C21H23N5O2S/c1-14-23-19(13-29-14)15-11-18(22-12-15)20(27)24-17-7-9-26(10-8-17)21(28)25-16-5-3-2-4-6-16/h2-6,11-13,17,22H,7-10H2,1H3,(H,24,27)(H,25,28). The molecular weight excluding hydrogens is 386 g/mol. The number of para-hydroxylation sites is 1. The summed E-state index contributed by atoms with van der Waals surface area (Å²) in [5, 5.41) is 8.95. The Morgan fingerprint density at radius 2 is 1.97 bits per heavy atom. The molecule has 29 heavy (non-hydrogen) atoms. The number of benzene rings is 1. The van der Waals surface area contributed by atoms with Gasteiger partial charge in [0.25, 0.3) is 5.91 Å². The van der Waals surface area contributed by atoms with E-state index in [1.54, 1.807) is 22.4 Å². The molecule has 3 N–H and O–H groups in total. The summed E-state index contributed by atoms with van der Waals surface area (Å²) in [5.41, 5.74) is 3.09. The summed E-state index contributed by atoms with van der Waals surface area (Å²) in [7, 11) is 0. The van der Waals surface area contributed by atoms with Gasteiger partial charge in [0.15, 0.2) is 0 Å². The Hall–Kier alpha value is -3.13. The van der Waals surface area contributed by atoms with Crippen LogP contribution in [-0.2, 0) is 0 Å². The van der Waals surface area contributed by atoms with Crippen LogP contribution in [0, 0.1) is 6.92 Å². The number of hydrogen-bond donors (Lipinski definition) is 3. The number of nitrogens with one attached hydrogen (secondary N) is 3. The van der Waals surface area contributed by atoms with Crippen LogP contribution < -0.4 is 10.6 Å². The first-order chi connectivity index (χ1) is 14.1. The second-order valence-electron chi connectivity index (χ2n) is 7.08. The van der Waals surface area contributed by atoms with Crippen molar-refractivity contribution in [1.29, 1.82) is 0 Å². The second-order valence-corrected chi connectivity index (χ2v) is 8.15. The number of piperidine rings is 1. The van der Waals surface area contributed by atoms with Crippen LogP contribution in [0.2, 0.25) is 0 Å². The molecule has 0 radical (unpaired) electrons. The van der Waals surface area contributed by atoms with Crippen LogP contribution in [0.3, 0.4) is 0 Å². The molecule has 1 aliphatic heterocycles. The highest BCUT2D eigenvalue weighted by atomic mass is 32.1. The Labute approximate surface area is 173 Å². The fraction of sp³-hybridized carbons (Fsp3) is 0.286. The Balaban J connectivity index is 1.28. The lowest BCUT2D eigenvalue weighted by Crippen LogP contribution is -2.47. The highest BCUT2D eigenvalue weighted by Gasteiger charge is 2.24. The molecule has 2 aromatic heterocycles. The van der Waals surface area contributed by atoms with Crippen molar-refractivity contribution in [2.75, 3.05) is 18.4 Å². The second kappa shape index (κ2) is 8.48. The van der Waals surface area contributed by atoms with E-state index in [1.165, 1.54) is 0 Å². The van der Waals surface area contributed by atoms with Crippen molar-refractivity contribution < 1.29 is 9.59 Å². The molecule has 3 aromatic rings. The number of carbonyl (C=O) groups is 2. The first kappa shape index (κ1) is 19.2. The SMILES string of the molecule is Cc1nc(-c2c[nH]c(C(=O)NC3CCN(C(=O)Nc4ccccc4)CC3)c2)cs1. The Morgan fingerprint density at radius 3 is 2.66 bits per heavy atom. The fourth-order valence-corrected chi connectivity index (χ4v) is 4.01. The number of H-pyrrole nitrogens is 1. The van der Waals surface area contributed by atoms with Crippen LogP contribution in [0.25, 0.3) is 11.3 Å². The summed E-state index contributed by atoms with van der Waals surface area (Å²) in [6, 6.07) is 11.2. The molecule has 4 rings (SSSR count). The van der Waals surface area contributed by atoms with Crippen LogP contribution in [0.1, 0.15) is 28.3 Å². The quantitative estimate of drug-likeness (QED) is 0.611. The molecule has 1 fully saturated rings. The lowest BCUT2D eigenvalue weighted by Gasteiger charge is -2.32. The molecular formula is C21H23N5O2S. The third kappa shape index (κ3) is 4.65. The van der Waals surface area contributed by atoms with E-state index in [0.717, 1.165) is 34.8 Å². The molecule has 1 aliphatic rings. The summed E-state index contributed by atoms with van der Waals surface area (Å²) in [5.74, 6) is -0.129. The van der Waals surface area contributed by atoms with Gasteiger partial charge in [0.1, 0.15) is 5.69 Å². The largest absolute Gasteiger partial charge is 0.357 e. The average Bonchev–Trinajstić information content (AvgIpc) is 3.38. The summed E-state index contributed by atoms with van der Waals surface area (Å²) < 4.78 is 0. The van der Waals surface area contributed by atoms with E-state index in [0.29, 0.717) is 18.8 Å². The minimum atomic E-state index is -0.129. The molecule has 0 bridgehead atoms. The zero-order valence-corrected chi connectivity index (χ0v) is 17.0. The third-order valence-corrected chi connectivity index (χ3v) is 5.76. The van der Waals surface area contributed by atoms with Crippen molar-refractivity contribution in [2.24, 2.45) is 0 Å². The van der Waals surface area contributed by atoms with Crippen molar-refractivity contribution in [3.8, 4) is 11.3 Å². The van der Waals surface area contributed by atoms with Crippen molar-refractivity contribution in [3.63, 3.8) is 0 Å². The van der Waals surface area contributed by atoms with Crippen molar-refractivity contribution in [1.82, 2.24) is 20.2 Å². The minimum Gasteiger partial charge on any atom is -0.357 e. The van der Waals surface area contributed by atoms with Crippen molar-refractivity contribution in [3.05, 3.63) is 58.7 Å². The summed E-state index contributed by atoms with van der Waals surface area (Å²) in [6.45, 7) is 3.18. The van der Waals surface area contributed by atoms with Crippen molar-refractivity contribution in [2.45, 2.75) is 25.8 Å². The highest BCUT2D eigenvalue weighted by Crippen LogP contribution is 2.22. The number of carbonyl (C=O) groups excluding carboxylic acids is 2. The van der Waals surface area contributed by atoms with Crippen molar-refractivity contribution >= 4 is 29.0 Å². The molecule has 0 unspecified atom stereocenters. The van der Waals surface area contributed by atoms with E-state index in [9.17, 15) is 9.59 Å². The van der Waals surface area contributed by atoms with Gasteiger partial charge in [0.2, 0.25) is 0 Å². The van der Waals surface area contributed by atoms with Crippen LogP contribution in [0.5, 0.6) is 0 Å². The molecule has 3 amide bonds. The Morgan fingerprint density at radius 1 is 1.21 bits per heavy atom. The van der Waals surface area contributed by atoms with E-state index < -0.39 is 0 Å². The molecule has 1 saturated heterocycles. The van der Waals surface area contributed by atoms with Gasteiger partial charge in [0, 0.05) is 42.0 Å². The van der Waals surface area contributed by atoms with Gasteiger partial charge >= 0.3 is 6.03 Å². The lowest BCUT2D eigenvalue weighted by atomic mass is 10.1. The van der Waals surface area contributed by atoms with Gasteiger partial charge in [-0.15, -0.1) is 11.3 Å². The molecule has 1 aromatic carbocycles. The number of amides is 3. The predicted molar refractivity (Wildman–Crippen MR) is 114 cm³/mol. The zero-order chi connectivity index (χ0) is 20.2. The van der Waals surface area contributed by atoms with Gasteiger partial charge < -0.3 is 20.5 Å². The summed E-state index contributed by atoms with van der Waals surface area (Å²) >= 11 is 1.59. The smallest absolute Gasteiger partial charge is 0.321 e. The van der Waals surface area contributed by atoms with E-state index in [4.69, 9.17) is 0 Å². The molecule has 7 nitrogen and oxygen atoms in total. The number of aryl methyl sites for hydroxylation is 1. The van der Waals surface area contributed by atoms with Gasteiger partial charge in [-0.1, -0.05) is 18.2 Å². The normalized spacial score (nSPS) is 14.6. The van der Waals surface area contributed by atoms with Crippen LogP contribution in [0.4, 0.5) is 10.5 Å². The molecule has 150 valence electrons. The van der Waals surface area contributed by atoms with Gasteiger partial charge in [-0.25, -0.2) is 9.78 Å². The monoisotopic (exact) mass is 409 g/mol. The number of anilines is 1. The predicted octanol–water partition coefficient (Wildman–Crippen LogP) is 3.87. The van der Waals surface area contributed by atoms with Gasteiger partial charge in [-0.05, 0) is 38.0 Å². The van der Waals surface area contributed by atoms with Crippen LogP contribution in [0.15, 0.2) is 48.0 Å². The first-order valence-electron chi connectivity index (χ1n) is 9.61.